The van der Waals surface area contributed by atoms with Crippen LogP contribution in [0.25, 0.3) is 0 Å². The Morgan fingerprint density at radius 2 is 1.75 bits per heavy atom. The number of hydrogen-bond acceptors (Lipinski definition) is 4. The van der Waals surface area contributed by atoms with E-state index in [1.807, 2.05) is 0 Å². The van der Waals surface area contributed by atoms with Gasteiger partial charge in [-0.1, -0.05) is 0 Å². The van der Waals surface area contributed by atoms with Crippen molar-refractivity contribution in [1.82, 2.24) is 0 Å². The fraction of sp³-hybridized carbons (Fsp3) is 1.00. The Kier molecular flexibility index (Phi) is 6.36. The van der Waals surface area contributed by atoms with Gasteiger partial charge in [0.15, 0.2) is 0 Å². The molecule has 0 N–H and O–H groups in total. The van der Waals surface area contributed by atoms with Crippen molar-refractivity contribution in [2.24, 2.45) is 0 Å². The molecular weight excluding hydrogens is 143 g/mol. The average Bonchev–Trinajstić information content (AvgIpc) is 1.30. The van der Waals surface area contributed by atoms with Crippen LogP contribution in [0, 0.1) is 0 Å². The van der Waals surface area contributed by atoms with Crippen LogP contribution >= 0.6 is 0 Å². The molecular formula is C2H5AlO4Si. The molecule has 0 amide bonds. The van der Waals surface area contributed by atoms with Crippen LogP contribution in [0.4, 0.5) is 0 Å². The Morgan fingerprint density at radius 1 is 1.38 bits per heavy atom. The summed E-state index contributed by atoms with van der Waals surface area (Å²) >= 11 is 0. The maximum absolute atomic E-state index is 9.51. The van der Waals surface area contributed by atoms with E-state index in [0.717, 1.165) is 0 Å². The van der Waals surface area contributed by atoms with E-state index in [1.165, 1.54) is 6.92 Å². The monoisotopic (exact) mass is 148 g/mol. The van der Waals surface area contributed by atoms with Crippen LogP contribution in [-0.2, 0) is 4.43 Å². The van der Waals surface area contributed by atoms with E-state index in [0.29, 0.717) is 0 Å². The molecule has 6 heteroatoms. The normalized spacial score (nSPS) is 10.5. The standard InChI is InChI=1S/C2H5O4Si.Al/c1-2-6-7(3,4)5;/h2H2,1H3;/q-3;+3. The summed E-state index contributed by atoms with van der Waals surface area (Å²) in [6.45, 7) is 1.37. The predicted molar refractivity (Wildman–Crippen MR) is 23.1 cm³/mol. The van der Waals surface area contributed by atoms with Crippen LogP contribution in [-0.4, -0.2) is 33.0 Å². The first kappa shape index (κ1) is 11.4. The van der Waals surface area contributed by atoms with Crippen LogP contribution in [0.2, 0.25) is 0 Å². The predicted octanol–water partition coefficient (Wildman–Crippen LogP) is -3.84. The molecule has 0 atom stereocenters. The maximum atomic E-state index is 9.51. The molecule has 0 aliphatic rings. The molecule has 0 aromatic heterocycles. The molecule has 44 valence electrons. The van der Waals surface area contributed by atoms with E-state index >= 15 is 0 Å². The largest absolute Gasteiger partial charge is 3.00 e. The van der Waals surface area contributed by atoms with Gasteiger partial charge in [-0.25, -0.2) is 0 Å². The van der Waals surface area contributed by atoms with Crippen LogP contribution in [0.15, 0.2) is 0 Å². The van der Waals surface area contributed by atoms with Crippen LogP contribution in [0.5, 0.6) is 0 Å². The van der Waals surface area contributed by atoms with Crippen LogP contribution in [0.3, 0.4) is 0 Å². The summed E-state index contributed by atoms with van der Waals surface area (Å²) in [4.78, 5) is 28.5. The van der Waals surface area contributed by atoms with Gasteiger partial charge in [-0.15, -0.1) is 9.05 Å². The van der Waals surface area contributed by atoms with E-state index in [-0.39, 0.29) is 24.0 Å². The molecule has 0 heterocycles. The van der Waals surface area contributed by atoms with Crippen LogP contribution in [0.1, 0.15) is 6.92 Å². The summed E-state index contributed by atoms with van der Waals surface area (Å²) in [5.74, 6) is 0. The maximum Gasteiger partial charge on any atom is 3.00 e. The first-order chi connectivity index (χ1) is 3.06. The minimum absolute atomic E-state index is 0. The summed E-state index contributed by atoms with van der Waals surface area (Å²) in [6, 6.07) is 0. The van der Waals surface area contributed by atoms with Crippen molar-refractivity contribution in [3.8, 4) is 0 Å². The molecule has 0 fully saturated rings. The van der Waals surface area contributed by atoms with Gasteiger partial charge in [0.2, 0.25) is 0 Å². The minimum Gasteiger partial charge on any atom is -0.861 e. The zero-order valence-electron chi connectivity index (χ0n) is 4.42. The molecule has 0 radical (unpaired) electrons. The van der Waals surface area contributed by atoms with Gasteiger partial charge in [0.1, 0.15) is 0 Å². The van der Waals surface area contributed by atoms with Crippen LogP contribution < -0.4 is 14.4 Å². The van der Waals surface area contributed by atoms with E-state index in [2.05, 4.69) is 4.43 Å². The second-order valence-corrected chi connectivity index (χ2v) is 2.22. The van der Waals surface area contributed by atoms with Gasteiger partial charge in [-0.2, -0.15) is 0 Å². The van der Waals surface area contributed by atoms with Gasteiger partial charge < -0.3 is 18.8 Å². The summed E-state index contributed by atoms with van der Waals surface area (Å²) in [5.41, 5.74) is 0. The molecule has 8 heavy (non-hydrogen) atoms. The summed E-state index contributed by atoms with van der Waals surface area (Å²) in [7, 11) is -4.91. The number of rotatable bonds is 2. The molecule has 0 aliphatic heterocycles. The zero-order valence-corrected chi connectivity index (χ0v) is 6.57. The van der Waals surface area contributed by atoms with Gasteiger partial charge in [-0.05, 0) is 6.92 Å². The topological polar surface area (TPSA) is 78.4 Å². The van der Waals surface area contributed by atoms with Crippen molar-refractivity contribution in [3.63, 3.8) is 0 Å². The van der Waals surface area contributed by atoms with Gasteiger partial charge in [-0.3, -0.25) is 0 Å². The Labute approximate surface area is 59.3 Å². The van der Waals surface area contributed by atoms with Gasteiger partial charge >= 0.3 is 17.4 Å². The van der Waals surface area contributed by atoms with Gasteiger partial charge in [0.05, 0.1) is 0 Å². The smallest absolute Gasteiger partial charge is 0.861 e. The molecule has 0 aromatic rings. The second-order valence-electron chi connectivity index (χ2n) is 0.933. The zero-order chi connectivity index (χ0) is 5.91. The minimum atomic E-state index is -4.91. The fourth-order valence-electron chi connectivity index (χ4n) is 0.177. The molecule has 0 unspecified atom stereocenters. The second kappa shape index (κ2) is 4.47. The third-order valence-electron chi connectivity index (χ3n) is 0.321. The van der Waals surface area contributed by atoms with Crippen molar-refractivity contribution in [2.45, 2.75) is 6.92 Å². The Hall–Kier alpha value is 0.589. The molecule has 0 aliphatic carbocycles. The summed E-state index contributed by atoms with van der Waals surface area (Å²) in [5, 5.41) is 0. The van der Waals surface area contributed by atoms with E-state index < -0.39 is 9.05 Å². The fourth-order valence-corrected chi connectivity index (χ4v) is 0.530. The molecule has 0 spiro atoms. The van der Waals surface area contributed by atoms with Crippen molar-refractivity contribution in [1.29, 1.82) is 0 Å². The van der Waals surface area contributed by atoms with Gasteiger partial charge in [0.25, 0.3) is 0 Å². The van der Waals surface area contributed by atoms with Crippen molar-refractivity contribution >= 4 is 26.4 Å². The first-order valence-corrected chi connectivity index (χ1v) is 3.45. The SMILES string of the molecule is CCO[Si]([O-])([O-])[O-].[Al+3]. The van der Waals surface area contributed by atoms with Crippen molar-refractivity contribution in [3.05, 3.63) is 0 Å². The molecule has 0 aromatic carbocycles. The Bertz CT molecular complexity index is 52.5. The molecule has 0 bridgehead atoms. The Balaban J connectivity index is 0. The van der Waals surface area contributed by atoms with E-state index in [4.69, 9.17) is 0 Å². The third kappa shape index (κ3) is 9.77. The Morgan fingerprint density at radius 3 is 1.75 bits per heavy atom. The molecule has 4 nitrogen and oxygen atoms in total. The molecule has 0 rings (SSSR count). The van der Waals surface area contributed by atoms with Gasteiger partial charge in [0, 0.05) is 6.61 Å². The molecule has 0 saturated heterocycles. The third-order valence-corrected chi connectivity index (χ3v) is 0.963. The average molecular weight is 148 g/mol. The summed E-state index contributed by atoms with van der Waals surface area (Å²) < 4.78 is 3.70. The van der Waals surface area contributed by atoms with Crippen molar-refractivity contribution in [2.75, 3.05) is 6.61 Å². The van der Waals surface area contributed by atoms with E-state index in [9.17, 15) is 14.4 Å². The van der Waals surface area contributed by atoms with Crippen molar-refractivity contribution < 1.29 is 18.8 Å². The quantitative estimate of drug-likeness (QED) is 0.376. The number of hydrogen-bond donors (Lipinski definition) is 0. The molecule has 0 saturated carbocycles. The first-order valence-electron chi connectivity index (χ1n) is 1.81. The van der Waals surface area contributed by atoms with E-state index in [1.54, 1.807) is 0 Å². The summed E-state index contributed by atoms with van der Waals surface area (Å²) in [6.07, 6.45) is 0.